The molecule has 0 spiro atoms. The Morgan fingerprint density at radius 3 is 2.88 bits per heavy atom. The minimum Gasteiger partial charge on any atom is -0.494 e. The van der Waals surface area contributed by atoms with Crippen molar-refractivity contribution in [1.29, 1.82) is 0 Å². The summed E-state index contributed by atoms with van der Waals surface area (Å²) in [5.41, 5.74) is 0.854. The molecule has 25 heavy (non-hydrogen) atoms. The van der Waals surface area contributed by atoms with Crippen molar-refractivity contribution in [3.8, 4) is 16.3 Å². The van der Waals surface area contributed by atoms with Crippen molar-refractivity contribution in [1.82, 2.24) is 9.97 Å². The molecule has 3 rings (SSSR count). The van der Waals surface area contributed by atoms with Gasteiger partial charge in [0.1, 0.15) is 5.75 Å². The van der Waals surface area contributed by atoms with Crippen LogP contribution in [-0.2, 0) is 0 Å². The molecule has 7 heteroatoms. The molecule has 0 aliphatic rings. The lowest BCUT2D eigenvalue weighted by atomic mass is 9.86. The predicted molar refractivity (Wildman–Crippen MR) is 105 cm³/mol. The second-order valence-corrected chi connectivity index (χ2v) is 7.08. The normalized spacial score (nSPS) is 10.9. The Balaban J connectivity index is 1.87. The number of aromatic nitrogens is 2. The van der Waals surface area contributed by atoms with Gasteiger partial charge in [0.15, 0.2) is 0 Å². The standard InChI is InChI=1S/C18H22BN3O2S/c1-4-5-10-24-14-7-6-13-11-17(25-16(13)12-14)15-8-9-20-18(21-15)22(3)19(2)23/h6-9,11-12,23H,4-5,10H2,1-3H3. The zero-order chi connectivity index (χ0) is 17.8. The van der Waals surface area contributed by atoms with Crippen molar-refractivity contribution >= 4 is 34.4 Å². The zero-order valence-corrected chi connectivity index (χ0v) is 15.6. The van der Waals surface area contributed by atoms with Crippen LogP contribution in [0.1, 0.15) is 19.8 Å². The van der Waals surface area contributed by atoms with Crippen LogP contribution in [0, 0.1) is 0 Å². The fourth-order valence-electron chi connectivity index (χ4n) is 2.38. The molecule has 0 unspecified atom stereocenters. The molecule has 3 aromatic rings. The third-order valence-corrected chi connectivity index (χ3v) is 5.15. The van der Waals surface area contributed by atoms with Crippen molar-refractivity contribution in [3.05, 3.63) is 36.5 Å². The van der Waals surface area contributed by atoms with Gasteiger partial charge in [0.25, 0.3) is 0 Å². The number of anilines is 1. The largest absolute Gasteiger partial charge is 0.494 e. The molecule has 5 nitrogen and oxygen atoms in total. The van der Waals surface area contributed by atoms with Crippen LogP contribution in [-0.4, -0.2) is 35.7 Å². The fraction of sp³-hybridized carbons (Fsp3) is 0.333. The monoisotopic (exact) mass is 355 g/mol. The Kier molecular flexibility index (Phi) is 5.55. The first kappa shape index (κ1) is 17.7. The lowest BCUT2D eigenvalue weighted by molar-refractivity contribution is 0.310. The first-order chi connectivity index (χ1) is 12.1. The molecular formula is C18H22BN3O2S. The molecule has 0 saturated carbocycles. The Bertz CT molecular complexity index is 853. The first-order valence-electron chi connectivity index (χ1n) is 8.49. The van der Waals surface area contributed by atoms with Crippen LogP contribution >= 0.6 is 11.3 Å². The lowest BCUT2D eigenvalue weighted by Crippen LogP contribution is -2.34. The van der Waals surface area contributed by atoms with Crippen molar-refractivity contribution in [2.24, 2.45) is 0 Å². The van der Waals surface area contributed by atoms with Gasteiger partial charge in [-0.25, -0.2) is 9.97 Å². The number of nitrogens with zero attached hydrogens (tertiary/aromatic N) is 3. The average molecular weight is 355 g/mol. The molecule has 0 bridgehead atoms. The molecule has 0 aliphatic heterocycles. The molecule has 1 aromatic carbocycles. The number of hydrogen-bond donors (Lipinski definition) is 1. The quantitative estimate of drug-likeness (QED) is 0.511. The van der Waals surface area contributed by atoms with E-state index in [0.29, 0.717) is 5.95 Å². The fourth-order valence-corrected chi connectivity index (χ4v) is 3.45. The Morgan fingerprint density at radius 1 is 1.28 bits per heavy atom. The summed E-state index contributed by atoms with van der Waals surface area (Å²) < 4.78 is 6.97. The minimum absolute atomic E-state index is 0.508. The summed E-state index contributed by atoms with van der Waals surface area (Å²) in [5.74, 6) is 1.42. The maximum absolute atomic E-state index is 9.70. The van der Waals surface area contributed by atoms with E-state index in [4.69, 9.17) is 4.74 Å². The maximum atomic E-state index is 9.70. The van der Waals surface area contributed by atoms with Gasteiger partial charge >= 0.3 is 7.05 Å². The van der Waals surface area contributed by atoms with Crippen LogP contribution < -0.4 is 9.55 Å². The van der Waals surface area contributed by atoms with Gasteiger partial charge in [0, 0.05) is 10.9 Å². The molecule has 0 amide bonds. The highest BCUT2D eigenvalue weighted by molar-refractivity contribution is 7.22. The summed E-state index contributed by atoms with van der Waals surface area (Å²) in [6.07, 6.45) is 3.91. The van der Waals surface area contributed by atoms with Crippen LogP contribution in [0.15, 0.2) is 36.5 Å². The molecule has 2 aromatic heterocycles. The summed E-state index contributed by atoms with van der Waals surface area (Å²) in [6, 6.07) is 10.2. The second-order valence-electron chi connectivity index (χ2n) is 6.00. The number of ether oxygens (including phenoxy) is 1. The van der Waals surface area contributed by atoms with Gasteiger partial charge in [-0.2, -0.15) is 0 Å². The Labute approximate surface area is 152 Å². The molecular weight excluding hydrogens is 333 g/mol. The number of rotatable bonds is 7. The number of hydrogen-bond acceptors (Lipinski definition) is 6. The van der Waals surface area contributed by atoms with Gasteiger partial charge in [-0.1, -0.05) is 13.3 Å². The van der Waals surface area contributed by atoms with Gasteiger partial charge in [-0.3, -0.25) is 0 Å². The second kappa shape index (κ2) is 7.84. The van der Waals surface area contributed by atoms with Gasteiger partial charge in [0.2, 0.25) is 5.95 Å². The predicted octanol–water partition coefficient (Wildman–Crippen LogP) is 4.08. The number of thiophene rings is 1. The number of unbranched alkanes of at least 4 members (excludes halogenated alkanes) is 1. The van der Waals surface area contributed by atoms with Gasteiger partial charge in [-0.05, 0) is 56.0 Å². The Hall–Kier alpha value is -2.12. The molecule has 2 heterocycles. The third kappa shape index (κ3) is 4.11. The van der Waals surface area contributed by atoms with E-state index in [0.717, 1.165) is 35.8 Å². The van der Waals surface area contributed by atoms with E-state index in [-0.39, 0.29) is 0 Å². The zero-order valence-electron chi connectivity index (χ0n) is 14.8. The smallest absolute Gasteiger partial charge is 0.411 e. The van der Waals surface area contributed by atoms with Crippen LogP contribution in [0.4, 0.5) is 5.95 Å². The first-order valence-corrected chi connectivity index (χ1v) is 9.31. The molecule has 130 valence electrons. The summed E-state index contributed by atoms with van der Waals surface area (Å²) in [6.45, 7) is 4.60. The molecule has 0 radical (unpaired) electrons. The van der Waals surface area contributed by atoms with Crippen LogP contribution in [0.25, 0.3) is 20.7 Å². The SMILES string of the molecule is CCCCOc1ccc2cc(-c3ccnc(N(C)B(C)O)n3)sc2c1. The lowest BCUT2D eigenvalue weighted by Gasteiger charge is -2.17. The minimum atomic E-state index is -0.638. The van der Waals surface area contributed by atoms with Gasteiger partial charge in [0.05, 0.1) is 17.2 Å². The highest BCUT2D eigenvalue weighted by atomic mass is 32.1. The summed E-state index contributed by atoms with van der Waals surface area (Å²) in [7, 11) is 1.13. The maximum Gasteiger partial charge on any atom is 0.411 e. The number of benzene rings is 1. The van der Waals surface area contributed by atoms with E-state index < -0.39 is 7.05 Å². The van der Waals surface area contributed by atoms with Crippen LogP contribution in [0.5, 0.6) is 5.75 Å². The molecule has 0 aliphatic carbocycles. The topological polar surface area (TPSA) is 58.5 Å². The number of fused-ring (bicyclic) bond motifs is 1. The van der Waals surface area contributed by atoms with E-state index in [1.165, 1.54) is 10.1 Å². The molecule has 0 fully saturated rings. The van der Waals surface area contributed by atoms with Crippen molar-refractivity contribution in [2.45, 2.75) is 26.6 Å². The Morgan fingerprint density at radius 2 is 2.12 bits per heavy atom. The van der Waals surface area contributed by atoms with E-state index >= 15 is 0 Å². The van der Waals surface area contributed by atoms with E-state index in [9.17, 15) is 5.02 Å². The van der Waals surface area contributed by atoms with Crippen LogP contribution in [0.3, 0.4) is 0 Å². The molecule has 0 saturated heterocycles. The van der Waals surface area contributed by atoms with Gasteiger partial charge in [-0.15, -0.1) is 11.3 Å². The van der Waals surface area contributed by atoms with Gasteiger partial charge < -0.3 is 14.6 Å². The summed E-state index contributed by atoms with van der Waals surface area (Å²) in [4.78, 5) is 11.5. The summed E-state index contributed by atoms with van der Waals surface area (Å²) >= 11 is 1.68. The van der Waals surface area contributed by atoms with Crippen molar-refractivity contribution in [2.75, 3.05) is 18.5 Å². The molecule has 1 N–H and O–H groups in total. The van der Waals surface area contributed by atoms with Crippen molar-refractivity contribution < 1.29 is 9.76 Å². The summed E-state index contributed by atoms with van der Waals surface area (Å²) in [5, 5.41) is 10.9. The molecule has 0 atom stereocenters. The average Bonchev–Trinajstić information content (AvgIpc) is 3.05. The highest BCUT2D eigenvalue weighted by Gasteiger charge is 2.16. The van der Waals surface area contributed by atoms with Crippen molar-refractivity contribution in [3.63, 3.8) is 0 Å². The van der Waals surface area contributed by atoms with Crippen LogP contribution in [0.2, 0.25) is 6.82 Å². The third-order valence-electron chi connectivity index (χ3n) is 4.03. The van der Waals surface area contributed by atoms with E-state index in [1.807, 2.05) is 12.1 Å². The van der Waals surface area contributed by atoms with E-state index in [1.54, 1.807) is 36.2 Å². The van der Waals surface area contributed by atoms with E-state index in [2.05, 4.69) is 35.1 Å². The highest BCUT2D eigenvalue weighted by Crippen LogP contribution is 2.35.